The van der Waals surface area contributed by atoms with Gasteiger partial charge in [-0.25, -0.2) is 0 Å². The van der Waals surface area contributed by atoms with Crippen molar-refractivity contribution in [1.82, 2.24) is 15.1 Å². The molecule has 0 amide bonds. The largest absolute Gasteiger partial charge is 0.338 e. The van der Waals surface area contributed by atoms with E-state index in [1.54, 1.807) is 6.20 Å². The maximum Gasteiger partial charge on any atom is 0.233 e. The van der Waals surface area contributed by atoms with Crippen LogP contribution in [0.1, 0.15) is 19.7 Å². The highest BCUT2D eigenvalue weighted by atomic mass is 16.5. The van der Waals surface area contributed by atoms with E-state index in [4.69, 9.17) is 10.3 Å². The van der Waals surface area contributed by atoms with Crippen molar-refractivity contribution in [3.05, 3.63) is 30.3 Å². The van der Waals surface area contributed by atoms with Crippen LogP contribution in [0.25, 0.3) is 11.5 Å². The summed E-state index contributed by atoms with van der Waals surface area (Å²) in [6.45, 7) is 4.38. The first-order valence-corrected chi connectivity index (χ1v) is 5.09. The third kappa shape index (κ3) is 1.94. The van der Waals surface area contributed by atoms with Crippen molar-refractivity contribution in [3.63, 3.8) is 0 Å². The summed E-state index contributed by atoms with van der Waals surface area (Å²) in [5.41, 5.74) is 6.04. The third-order valence-corrected chi connectivity index (χ3v) is 2.41. The van der Waals surface area contributed by atoms with Gasteiger partial charge in [-0.1, -0.05) is 11.2 Å². The quantitative estimate of drug-likeness (QED) is 0.841. The van der Waals surface area contributed by atoms with Gasteiger partial charge in [0.05, 0.1) is 5.41 Å². The second-order valence-corrected chi connectivity index (χ2v) is 4.23. The molecular formula is C11H14N4O. The Hall–Kier alpha value is -1.75. The van der Waals surface area contributed by atoms with Crippen LogP contribution in [0.5, 0.6) is 0 Å². The molecule has 0 aliphatic rings. The van der Waals surface area contributed by atoms with Crippen molar-refractivity contribution in [2.24, 2.45) is 5.73 Å². The molecule has 2 heterocycles. The van der Waals surface area contributed by atoms with Crippen LogP contribution < -0.4 is 5.73 Å². The summed E-state index contributed by atoms with van der Waals surface area (Å²) in [6, 6.07) is 5.56. The van der Waals surface area contributed by atoms with E-state index in [0.29, 0.717) is 24.0 Å². The van der Waals surface area contributed by atoms with E-state index in [9.17, 15) is 0 Å². The summed E-state index contributed by atoms with van der Waals surface area (Å²) in [7, 11) is 0. The van der Waals surface area contributed by atoms with Gasteiger partial charge in [-0.15, -0.1) is 0 Å². The molecule has 0 saturated carbocycles. The summed E-state index contributed by atoms with van der Waals surface area (Å²) < 4.78 is 5.19. The van der Waals surface area contributed by atoms with Gasteiger partial charge < -0.3 is 10.3 Å². The average molecular weight is 218 g/mol. The van der Waals surface area contributed by atoms with Crippen molar-refractivity contribution < 1.29 is 4.52 Å². The van der Waals surface area contributed by atoms with E-state index in [0.717, 1.165) is 0 Å². The molecule has 2 aromatic heterocycles. The number of nitrogens with two attached hydrogens (primary N) is 1. The second-order valence-electron chi connectivity index (χ2n) is 4.23. The van der Waals surface area contributed by atoms with Gasteiger partial charge in [0.2, 0.25) is 11.7 Å². The summed E-state index contributed by atoms with van der Waals surface area (Å²) in [5, 5.41) is 3.90. The molecule has 0 aliphatic heterocycles. The predicted molar refractivity (Wildman–Crippen MR) is 59.6 cm³/mol. The number of nitrogens with zero attached hydrogens (tertiary/aromatic N) is 3. The number of pyridine rings is 1. The van der Waals surface area contributed by atoms with Crippen LogP contribution in [0.15, 0.2) is 28.9 Å². The molecule has 84 valence electrons. The Bertz CT molecular complexity index is 464. The zero-order valence-corrected chi connectivity index (χ0v) is 9.34. The number of hydrogen-bond acceptors (Lipinski definition) is 5. The average Bonchev–Trinajstić information content (AvgIpc) is 2.80. The number of hydrogen-bond donors (Lipinski definition) is 1. The van der Waals surface area contributed by atoms with Crippen LogP contribution in [0.2, 0.25) is 0 Å². The molecule has 0 spiro atoms. The predicted octanol–water partition coefficient (Wildman–Crippen LogP) is 1.37. The highest BCUT2D eigenvalue weighted by Gasteiger charge is 2.26. The molecule has 2 aromatic rings. The Kier molecular flexibility index (Phi) is 2.70. The Morgan fingerprint density at radius 1 is 1.38 bits per heavy atom. The lowest BCUT2D eigenvalue weighted by atomic mass is 9.94. The van der Waals surface area contributed by atoms with Gasteiger partial charge in [0.25, 0.3) is 0 Å². The van der Waals surface area contributed by atoms with Crippen molar-refractivity contribution in [1.29, 1.82) is 0 Å². The smallest absolute Gasteiger partial charge is 0.233 e. The minimum absolute atomic E-state index is 0.306. The molecule has 2 rings (SSSR count). The van der Waals surface area contributed by atoms with E-state index >= 15 is 0 Å². The Morgan fingerprint density at radius 3 is 2.81 bits per heavy atom. The SMILES string of the molecule is CC(C)(CN)c1nc(-c2ccccn2)no1. The van der Waals surface area contributed by atoms with Gasteiger partial charge in [-0.05, 0) is 26.0 Å². The fourth-order valence-electron chi connectivity index (χ4n) is 1.18. The van der Waals surface area contributed by atoms with Gasteiger partial charge in [0.15, 0.2) is 0 Å². The Morgan fingerprint density at radius 2 is 2.19 bits per heavy atom. The molecule has 0 unspecified atom stereocenters. The highest BCUT2D eigenvalue weighted by Crippen LogP contribution is 2.22. The number of rotatable bonds is 3. The van der Waals surface area contributed by atoms with Gasteiger partial charge in [-0.2, -0.15) is 4.98 Å². The van der Waals surface area contributed by atoms with Crippen molar-refractivity contribution >= 4 is 0 Å². The highest BCUT2D eigenvalue weighted by molar-refractivity contribution is 5.47. The molecular weight excluding hydrogens is 204 g/mol. The molecule has 2 N–H and O–H groups in total. The molecule has 5 heteroatoms. The minimum atomic E-state index is -0.306. The van der Waals surface area contributed by atoms with Crippen molar-refractivity contribution in [2.75, 3.05) is 6.54 Å². The molecule has 5 nitrogen and oxygen atoms in total. The monoisotopic (exact) mass is 218 g/mol. The van der Waals surface area contributed by atoms with Crippen LogP contribution >= 0.6 is 0 Å². The van der Waals surface area contributed by atoms with Gasteiger partial charge >= 0.3 is 0 Å². The molecule has 0 saturated heterocycles. The van der Waals surface area contributed by atoms with E-state index < -0.39 is 0 Å². The maximum atomic E-state index is 5.64. The van der Waals surface area contributed by atoms with Crippen molar-refractivity contribution in [3.8, 4) is 11.5 Å². The molecule has 0 aliphatic carbocycles. The van der Waals surface area contributed by atoms with Crippen LogP contribution in [-0.4, -0.2) is 21.7 Å². The summed E-state index contributed by atoms with van der Waals surface area (Å²) >= 11 is 0. The topological polar surface area (TPSA) is 77.8 Å². The summed E-state index contributed by atoms with van der Waals surface area (Å²) in [4.78, 5) is 8.46. The normalized spacial score (nSPS) is 11.7. The van der Waals surface area contributed by atoms with E-state index in [-0.39, 0.29) is 5.41 Å². The maximum absolute atomic E-state index is 5.64. The Labute approximate surface area is 93.7 Å². The van der Waals surface area contributed by atoms with E-state index in [1.165, 1.54) is 0 Å². The standard InChI is InChI=1S/C11H14N4O/c1-11(2,7-12)10-14-9(15-16-10)8-5-3-4-6-13-8/h3-6H,7,12H2,1-2H3. The molecule has 16 heavy (non-hydrogen) atoms. The van der Waals surface area contributed by atoms with Gasteiger partial charge in [0.1, 0.15) is 5.69 Å². The van der Waals surface area contributed by atoms with E-state index in [1.807, 2.05) is 32.0 Å². The van der Waals surface area contributed by atoms with E-state index in [2.05, 4.69) is 15.1 Å². The molecule has 0 aromatic carbocycles. The molecule has 0 bridgehead atoms. The first-order valence-electron chi connectivity index (χ1n) is 5.09. The zero-order chi connectivity index (χ0) is 11.6. The lowest BCUT2D eigenvalue weighted by Gasteiger charge is -2.15. The minimum Gasteiger partial charge on any atom is -0.338 e. The molecule has 0 radical (unpaired) electrons. The van der Waals surface area contributed by atoms with Gasteiger partial charge in [0, 0.05) is 12.7 Å². The fourth-order valence-corrected chi connectivity index (χ4v) is 1.18. The zero-order valence-electron chi connectivity index (χ0n) is 9.34. The second kappa shape index (κ2) is 4.02. The third-order valence-electron chi connectivity index (χ3n) is 2.41. The Balaban J connectivity index is 2.34. The first kappa shape index (κ1) is 10.8. The summed E-state index contributed by atoms with van der Waals surface area (Å²) in [6.07, 6.45) is 1.69. The van der Waals surface area contributed by atoms with Crippen LogP contribution in [0.3, 0.4) is 0 Å². The fraction of sp³-hybridized carbons (Fsp3) is 0.364. The lowest BCUT2D eigenvalue weighted by Crippen LogP contribution is -2.28. The first-order chi connectivity index (χ1) is 7.63. The van der Waals surface area contributed by atoms with Crippen LogP contribution in [0.4, 0.5) is 0 Å². The number of aromatic nitrogens is 3. The summed E-state index contributed by atoms with van der Waals surface area (Å²) in [5.74, 6) is 1.03. The molecule has 0 fully saturated rings. The molecule has 0 atom stereocenters. The van der Waals surface area contributed by atoms with Crippen LogP contribution in [-0.2, 0) is 5.41 Å². The lowest BCUT2D eigenvalue weighted by molar-refractivity contribution is 0.311. The van der Waals surface area contributed by atoms with Crippen LogP contribution in [0, 0.1) is 0 Å². The van der Waals surface area contributed by atoms with Crippen molar-refractivity contribution in [2.45, 2.75) is 19.3 Å². The van der Waals surface area contributed by atoms with Gasteiger partial charge in [-0.3, -0.25) is 4.98 Å².